The summed E-state index contributed by atoms with van der Waals surface area (Å²) in [5.41, 5.74) is -0.213. The van der Waals surface area contributed by atoms with Crippen LogP contribution in [-0.4, -0.2) is 34.0 Å². The van der Waals surface area contributed by atoms with Crippen LogP contribution >= 0.6 is 11.8 Å². The van der Waals surface area contributed by atoms with E-state index in [9.17, 15) is 14.9 Å². The number of hydrogen-bond acceptors (Lipinski definition) is 5. The lowest BCUT2D eigenvalue weighted by Crippen LogP contribution is -2.19. The summed E-state index contributed by atoms with van der Waals surface area (Å²) in [7, 11) is 0. The number of nitrogens with one attached hydrogen (secondary N) is 1. The molecule has 104 valence electrons. The van der Waals surface area contributed by atoms with Gasteiger partial charge in [-0.05, 0) is 31.4 Å². The summed E-state index contributed by atoms with van der Waals surface area (Å²) < 4.78 is 0. The van der Waals surface area contributed by atoms with Crippen LogP contribution in [0.3, 0.4) is 0 Å². The van der Waals surface area contributed by atoms with Crippen LogP contribution in [-0.2, 0) is 0 Å². The van der Waals surface area contributed by atoms with E-state index >= 15 is 0 Å². The van der Waals surface area contributed by atoms with Gasteiger partial charge in [0.05, 0.1) is 10.5 Å². The minimum atomic E-state index is -1.18. The first-order chi connectivity index (χ1) is 8.97. The highest BCUT2D eigenvalue weighted by Crippen LogP contribution is 2.29. The number of carboxylic acid groups (broad SMARTS) is 1. The second-order valence-corrected chi connectivity index (χ2v) is 5.07. The van der Waals surface area contributed by atoms with E-state index in [2.05, 4.69) is 5.32 Å². The highest BCUT2D eigenvalue weighted by molar-refractivity contribution is 7.98. The third-order valence-electron chi connectivity index (χ3n) is 2.62. The largest absolute Gasteiger partial charge is 0.478 e. The van der Waals surface area contributed by atoms with Crippen molar-refractivity contribution in [2.75, 3.05) is 17.3 Å². The van der Waals surface area contributed by atoms with Crippen molar-refractivity contribution in [1.82, 2.24) is 0 Å². The van der Waals surface area contributed by atoms with Gasteiger partial charge in [0.15, 0.2) is 0 Å². The number of rotatable bonds is 7. The third kappa shape index (κ3) is 4.13. The summed E-state index contributed by atoms with van der Waals surface area (Å²) in [5.74, 6) is -0.278. The van der Waals surface area contributed by atoms with Gasteiger partial charge in [-0.1, -0.05) is 6.07 Å². The number of para-hydroxylation sites is 1. The molecule has 0 spiro atoms. The van der Waals surface area contributed by atoms with Gasteiger partial charge < -0.3 is 10.4 Å². The Bertz CT molecular complexity index is 447. The van der Waals surface area contributed by atoms with Gasteiger partial charge in [0.25, 0.3) is 5.69 Å². The maximum Gasteiger partial charge on any atom is 0.338 e. The van der Waals surface area contributed by atoms with Gasteiger partial charge in [-0.15, -0.1) is 0 Å². The molecule has 7 heteroatoms. The topological polar surface area (TPSA) is 92.5 Å². The second kappa shape index (κ2) is 6.98. The molecule has 2 N–H and O–H groups in total. The fraction of sp³-hybridized carbons (Fsp3) is 0.417. The van der Waals surface area contributed by atoms with Crippen molar-refractivity contribution in [2.45, 2.75) is 19.4 Å². The number of nitrogens with zero attached hydrogens (tertiary/aromatic N) is 1. The molecular weight excluding hydrogens is 268 g/mol. The zero-order valence-corrected chi connectivity index (χ0v) is 11.6. The normalized spacial score (nSPS) is 11.9. The molecule has 0 bridgehead atoms. The molecule has 0 aliphatic rings. The minimum absolute atomic E-state index is 0.0355. The van der Waals surface area contributed by atoms with Gasteiger partial charge in [-0.25, -0.2) is 4.79 Å². The molecule has 0 aliphatic carbocycles. The lowest BCUT2D eigenvalue weighted by atomic mass is 10.1. The maximum atomic E-state index is 11.1. The van der Waals surface area contributed by atoms with Gasteiger partial charge in [0.1, 0.15) is 5.69 Å². The lowest BCUT2D eigenvalue weighted by molar-refractivity contribution is -0.384. The zero-order valence-electron chi connectivity index (χ0n) is 10.8. The first kappa shape index (κ1) is 15.3. The van der Waals surface area contributed by atoms with Crippen LogP contribution < -0.4 is 5.32 Å². The number of nitro benzene ring substituents is 1. The van der Waals surface area contributed by atoms with Crippen molar-refractivity contribution in [3.8, 4) is 0 Å². The van der Waals surface area contributed by atoms with Gasteiger partial charge in [0.2, 0.25) is 0 Å². The van der Waals surface area contributed by atoms with Gasteiger partial charge >= 0.3 is 5.97 Å². The van der Waals surface area contributed by atoms with Gasteiger partial charge in [-0.3, -0.25) is 10.1 Å². The van der Waals surface area contributed by atoms with Crippen LogP contribution in [0.25, 0.3) is 0 Å². The highest BCUT2D eigenvalue weighted by Gasteiger charge is 2.22. The smallest absolute Gasteiger partial charge is 0.338 e. The Kier molecular flexibility index (Phi) is 5.62. The van der Waals surface area contributed by atoms with Crippen molar-refractivity contribution in [3.05, 3.63) is 33.9 Å². The van der Waals surface area contributed by atoms with E-state index < -0.39 is 10.9 Å². The second-order valence-electron chi connectivity index (χ2n) is 4.09. The lowest BCUT2D eigenvalue weighted by Gasteiger charge is -2.16. The molecule has 6 nitrogen and oxygen atoms in total. The van der Waals surface area contributed by atoms with Gasteiger partial charge in [0, 0.05) is 12.1 Å². The number of carbonyl (C=O) groups is 1. The van der Waals surface area contributed by atoms with Crippen LogP contribution in [0.5, 0.6) is 0 Å². The molecule has 0 aromatic heterocycles. The van der Waals surface area contributed by atoms with Crippen LogP contribution in [0.1, 0.15) is 23.7 Å². The SMILES string of the molecule is CSCCC(C)Nc1c(C(=O)O)cccc1[N+](=O)[O-]. The predicted octanol–water partition coefficient (Wildman–Crippen LogP) is 2.85. The average Bonchev–Trinajstić information content (AvgIpc) is 2.35. The molecule has 1 unspecified atom stereocenters. The van der Waals surface area contributed by atoms with Crippen molar-refractivity contribution < 1.29 is 14.8 Å². The Morgan fingerprint density at radius 2 is 2.26 bits per heavy atom. The standard InChI is InChI=1S/C12H16N2O4S/c1-8(6-7-19-2)13-11-9(12(15)16)4-3-5-10(11)14(17)18/h3-5,8,13H,6-7H2,1-2H3,(H,15,16). The zero-order chi connectivity index (χ0) is 14.4. The van der Waals surface area contributed by atoms with Gasteiger partial charge in [-0.2, -0.15) is 11.8 Å². The van der Waals surface area contributed by atoms with E-state index in [0.717, 1.165) is 12.2 Å². The molecule has 0 fully saturated rings. The molecule has 0 saturated heterocycles. The van der Waals surface area contributed by atoms with Crippen molar-refractivity contribution in [2.24, 2.45) is 0 Å². The fourth-order valence-electron chi connectivity index (χ4n) is 1.64. The van der Waals surface area contributed by atoms with Crippen molar-refractivity contribution in [3.63, 3.8) is 0 Å². The first-order valence-electron chi connectivity index (χ1n) is 5.73. The van der Waals surface area contributed by atoms with Crippen molar-refractivity contribution in [1.29, 1.82) is 0 Å². The summed E-state index contributed by atoms with van der Waals surface area (Å²) in [4.78, 5) is 21.5. The van der Waals surface area contributed by atoms with Crippen LogP contribution in [0.4, 0.5) is 11.4 Å². The minimum Gasteiger partial charge on any atom is -0.478 e. The Balaban J connectivity index is 3.07. The van der Waals surface area contributed by atoms with E-state index in [1.165, 1.54) is 18.2 Å². The summed E-state index contributed by atoms with van der Waals surface area (Å²) in [5, 5.41) is 23.0. The van der Waals surface area contributed by atoms with E-state index in [1.54, 1.807) is 11.8 Å². The van der Waals surface area contributed by atoms with Crippen LogP contribution in [0.15, 0.2) is 18.2 Å². The Labute approximate surface area is 115 Å². The van der Waals surface area contributed by atoms with E-state index in [1.807, 2.05) is 13.2 Å². The van der Waals surface area contributed by atoms with Crippen molar-refractivity contribution >= 4 is 29.1 Å². The molecule has 0 saturated carbocycles. The van der Waals surface area contributed by atoms with E-state index in [-0.39, 0.29) is 23.0 Å². The molecule has 0 radical (unpaired) electrons. The molecule has 0 heterocycles. The predicted molar refractivity (Wildman–Crippen MR) is 76.1 cm³/mol. The average molecular weight is 284 g/mol. The van der Waals surface area contributed by atoms with E-state index in [4.69, 9.17) is 5.11 Å². The molecule has 19 heavy (non-hydrogen) atoms. The summed E-state index contributed by atoms with van der Waals surface area (Å²) in [6.45, 7) is 1.87. The Morgan fingerprint density at radius 3 is 2.79 bits per heavy atom. The number of nitro groups is 1. The Morgan fingerprint density at radius 1 is 1.58 bits per heavy atom. The van der Waals surface area contributed by atoms with E-state index in [0.29, 0.717) is 0 Å². The third-order valence-corrected chi connectivity index (χ3v) is 3.26. The maximum absolute atomic E-state index is 11.1. The summed E-state index contributed by atoms with van der Waals surface area (Å²) >= 11 is 1.67. The molecule has 1 atom stereocenters. The molecular formula is C12H16N2O4S. The number of carboxylic acids is 1. The molecule has 0 amide bonds. The molecule has 1 aromatic rings. The fourth-order valence-corrected chi connectivity index (χ4v) is 2.22. The number of thioether (sulfide) groups is 1. The quantitative estimate of drug-likeness (QED) is 0.591. The number of benzene rings is 1. The molecule has 0 aliphatic heterocycles. The summed E-state index contributed by atoms with van der Waals surface area (Å²) in [6.07, 6.45) is 2.77. The number of hydrogen-bond donors (Lipinski definition) is 2. The van der Waals surface area contributed by atoms with Crippen LogP contribution in [0.2, 0.25) is 0 Å². The monoisotopic (exact) mass is 284 g/mol. The first-order valence-corrected chi connectivity index (χ1v) is 7.13. The number of anilines is 1. The Hall–Kier alpha value is -1.76. The molecule has 1 aromatic carbocycles. The van der Waals surface area contributed by atoms with Crippen LogP contribution in [0, 0.1) is 10.1 Å². The number of aromatic carboxylic acids is 1. The molecule has 1 rings (SSSR count). The highest BCUT2D eigenvalue weighted by atomic mass is 32.2. The summed E-state index contributed by atoms with van der Waals surface area (Å²) in [6, 6.07) is 4.00.